The summed E-state index contributed by atoms with van der Waals surface area (Å²) in [6.07, 6.45) is 2.06. The molecule has 1 aliphatic heterocycles. The molecule has 1 atom stereocenters. The molecule has 0 spiro atoms. The summed E-state index contributed by atoms with van der Waals surface area (Å²) in [6.45, 7) is 3.33. The van der Waals surface area contributed by atoms with Gasteiger partial charge < -0.3 is 4.74 Å². The van der Waals surface area contributed by atoms with Crippen molar-refractivity contribution in [3.8, 4) is 0 Å². The van der Waals surface area contributed by atoms with Gasteiger partial charge in [-0.15, -0.1) is 0 Å². The van der Waals surface area contributed by atoms with E-state index in [0.29, 0.717) is 22.3 Å². The Morgan fingerprint density at radius 1 is 1.31 bits per heavy atom. The van der Waals surface area contributed by atoms with E-state index >= 15 is 0 Å². The van der Waals surface area contributed by atoms with Crippen LogP contribution in [-0.2, 0) is 4.74 Å². The van der Waals surface area contributed by atoms with Gasteiger partial charge in [-0.05, 0) is 61.7 Å². The molecule has 1 aliphatic rings. The van der Waals surface area contributed by atoms with Crippen LogP contribution in [0.4, 0.5) is 5.13 Å². The monoisotopic (exact) mass is 386 g/mol. The van der Waals surface area contributed by atoms with E-state index in [2.05, 4.69) is 13.0 Å². The molecule has 26 heavy (non-hydrogen) atoms. The molecule has 4 rings (SSSR count). The fraction of sp³-hybridized carbons (Fsp3) is 0.300. The molecule has 0 bridgehead atoms. The highest BCUT2D eigenvalue weighted by Gasteiger charge is 2.27. The summed E-state index contributed by atoms with van der Waals surface area (Å²) in [4.78, 5) is 19.6. The summed E-state index contributed by atoms with van der Waals surface area (Å²) >= 11 is 7.50. The van der Waals surface area contributed by atoms with Crippen molar-refractivity contribution in [1.82, 2.24) is 4.98 Å². The van der Waals surface area contributed by atoms with Crippen LogP contribution in [0.15, 0.2) is 42.5 Å². The Morgan fingerprint density at radius 2 is 2.12 bits per heavy atom. The topological polar surface area (TPSA) is 42.4 Å². The smallest absolute Gasteiger partial charge is 0.260 e. The van der Waals surface area contributed by atoms with E-state index in [-0.39, 0.29) is 12.0 Å². The third kappa shape index (κ3) is 3.61. The number of carbonyl (C=O) groups excluding carboxylic acids is 1. The lowest BCUT2D eigenvalue weighted by atomic mass is 10.2. The summed E-state index contributed by atoms with van der Waals surface area (Å²) in [5.74, 6) is -0.0760. The highest BCUT2D eigenvalue weighted by atomic mass is 35.5. The fourth-order valence-electron chi connectivity index (χ4n) is 3.12. The normalized spacial score (nSPS) is 16.9. The Labute approximate surface area is 161 Å². The number of nitrogens with zero attached hydrogens (tertiary/aromatic N) is 2. The average molecular weight is 387 g/mol. The molecule has 1 aromatic heterocycles. The highest BCUT2D eigenvalue weighted by Crippen LogP contribution is 2.31. The lowest BCUT2D eigenvalue weighted by Crippen LogP contribution is -2.37. The minimum Gasteiger partial charge on any atom is -0.376 e. The second-order valence-electron chi connectivity index (χ2n) is 6.53. The number of ether oxygens (including phenoxy) is 1. The highest BCUT2D eigenvalue weighted by molar-refractivity contribution is 7.22. The Morgan fingerprint density at radius 3 is 2.85 bits per heavy atom. The van der Waals surface area contributed by atoms with E-state index in [1.54, 1.807) is 40.5 Å². The summed E-state index contributed by atoms with van der Waals surface area (Å²) < 4.78 is 6.85. The Kier molecular flexibility index (Phi) is 4.94. The predicted molar refractivity (Wildman–Crippen MR) is 106 cm³/mol. The molecule has 2 aromatic carbocycles. The third-order valence-electron chi connectivity index (χ3n) is 4.51. The summed E-state index contributed by atoms with van der Waals surface area (Å²) in [5.41, 5.74) is 2.70. The van der Waals surface area contributed by atoms with Gasteiger partial charge in [-0.1, -0.05) is 29.0 Å². The van der Waals surface area contributed by atoms with Gasteiger partial charge in [0.05, 0.1) is 22.9 Å². The zero-order valence-corrected chi connectivity index (χ0v) is 16.0. The number of hydrogen-bond donors (Lipinski definition) is 0. The van der Waals surface area contributed by atoms with Crippen LogP contribution >= 0.6 is 22.9 Å². The molecule has 0 saturated carbocycles. The number of anilines is 1. The molecular formula is C20H19ClN2O2S. The van der Waals surface area contributed by atoms with Crippen molar-refractivity contribution in [3.05, 3.63) is 58.6 Å². The second-order valence-corrected chi connectivity index (χ2v) is 7.97. The van der Waals surface area contributed by atoms with Crippen molar-refractivity contribution in [2.75, 3.05) is 18.1 Å². The van der Waals surface area contributed by atoms with Crippen molar-refractivity contribution < 1.29 is 9.53 Å². The molecule has 0 radical (unpaired) electrons. The number of amides is 1. The number of aryl methyl sites for hydroxylation is 1. The summed E-state index contributed by atoms with van der Waals surface area (Å²) in [7, 11) is 0. The molecule has 1 saturated heterocycles. The van der Waals surface area contributed by atoms with Crippen molar-refractivity contribution in [3.63, 3.8) is 0 Å². The van der Waals surface area contributed by atoms with Gasteiger partial charge in [0.25, 0.3) is 5.91 Å². The van der Waals surface area contributed by atoms with Crippen molar-refractivity contribution in [1.29, 1.82) is 0 Å². The number of fused-ring (bicyclic) bond motifs is 1. The first-order valence-corrected chi connectivity index (χ1v) is 9.86. The molecule has 1 fully saturated rings. The minimum absolute atomic E-state index is 0.0556. The maximum atomic E-state index is 13.2. The standard InChI is InChI=1S/C20H19ClN2O2S/c1-13-4-9-17-18(11-13)26-20(22-17)23(12-16-3-2-10-25-16)19(24)14-5-7-15(21)8-6-14/h4-9,11,16H,2-3,10,12H2,1H3. The van der Waals surface area contributed by atoms with Crippen LogP contribution in [-0.4, -0.2) is 30.1 Å². The lowest BCUT2D eigenvalue weighted by Gasteiger charge is -2.23. The molecule has 0 aliphatic carbocycles. The van der Waals surface area contributed by atoms with Crippen LogP contribution in [0.25, 0.3) is 10.2 Å². The van der Waals surface area contributed by atoms with Crippen LogP contribution in [0.5, 0.6) is 0 Å². The maximum Gasteiger partial charge on any atom is 0.260 e. The van der Waals surface area contributed by atoms with Gasteiger partial charge in [0.15, 0.2) is 5.13 Å². The molecule has 1 amide bonds. The van der Waals surface area contributed by atoms with E-state index in [0.717, 1.165) is 29.7 Å². The molecule has 1 unspecified atom stereocenters. The first kappa shape index (κ1) is 17.5. The molecular weight excluding hydrogens is 368 g/mol. The predicted octanol–water partition coefficient (Wildman–Crippen LogP) is 5.08. The zero-order chi connectivity index (χ0) is 18.1. The van der Waals surface area contributed by atoms with E-state index in [4.69, 9.17) is 21.3 Å². The Hall–Kier alpha value is -1.95. The summed E-state index contributed by atoms with van der Waals surface area (Å²) in [5, 5.41) is 1.32. The van der Waals surface area contributed by atoms with Crippen molar-refractivity contribution in [2.24, 2.45) is 0 Å². The quantitative estimate of drug-likeness (QED) is 0.627. The SMILES string of the molecule is Cc1ccc2nc(N(CC3CCCO3)C(=O)c3ccc(Cl)cc3)sc2c1. The van der Waals surface area contributed by atoms with E-state index < -0.39 is 0 Å². The number of benzene rings is 2. The molecule has 4 nitrogen and oxygen atoms in total. The number of hydrogen-bond acceptors (Lipinski definition) is 4. The largest absolute Gasteiger partial charge is 0.376 e. The molecule has 2 heterocycles. The molecule has 134 valence electrons. The van der Waals surface area contributed by atoms with Gasteiger partial charge in [-0.3, -0.25) is 9.69 Å². The van der Waals surface area contributed by atoms with Gasteiger partial charge >= 0.3 is 0 Å². The Bertz CT molecular complexity index is 933. The molecule has 0 N–H and O–H groups in total. The van der Waals surface area contributed by atoms with E-state index in [9.17, 15) is 4.79 Å². The Balaban J connectivity index is 1.70. The fourth-order valence-corrected chi connectivity index (χ4v) is 4.32. The van der Waals surface area contributed by atoms with Crippen LogP contribution in [0.2, 0.25) is 5.02 Å². The molecule has 6 heteroatoms. The zero-order valence-electron chi connectivity index (χ0n) is 14.4. The number of rotatable bonds is 4. The van der Waals surface area contributed by atoms with Crippen LogP contribution < -0.4 is 4.90 Å². The van der Waals surface area contributed by atoms with E-state index in [1.807, 2.05) is 12.1 Å². The summed E-state index contributed by atoms with van der Waals surface area (Å²) in [6, 6.07) is 13.1. The first-order valence-electron chi connectivity index (χ1n) is 8.66. The van der Waals surface area contributed by atoms with Crippen LogP contribution in [0.3, 0.4) is 0 Å². The molecule has 3 aromatic rings. The van der Waals surface area contributed by atoms with Crippen molar-refractivity contribution >= 4 is 44.2 Å². The van der Waals surface area contributed by atoms with Gasteiger partial charge in [-0.25, -0.2) is 4.98 Å². The number of carbonyl (C=O) groups is 1. The van der Waals surface area contributed by atoms with Crippen LogP contribution in [0.1, 0.15) is 28.8 Å². The number of aromatic nitrogens is 1. The van der Waals surface area contributed by atoms with Gasteiger partial charge in [0.2, 0.25) is 0 Å². The first-order chi connectivity index (χ1) is 12.6. The van der Waals surface area contributed by atoms with E-state index in [1.165, 1.54) is 5.56 Å². The van der Waals surface area contributed by atoms with Crippen LogP contribution in [0, 0.1) is 6.92 Å². The lowest BCUT2D eigenvalue weighted by molar-refractivity contribution is 0.0917. The van der Waals surface area contributed by atoms with Crippen molar-refractivity contribution in [2.45, 2.75) is 25.9 Å². The van der Waals surface area contributed by atoms with Gasteiger partial charge in [0.1, 0.15) is 0 Å². The average Bonchev–Trinajstić information content (AvgIpc) is 3.28. The minimum atomic E-state index is -0.0760. The maximum absolute atomic E-state index is 13.2. The number of thiazole rings is 1. The third-order valence-corrected chi connectivity index (χ3v) is 5.80. The van der Waals surface area contributed by atoms with Gasteiger partial charge in [0, 0.05) is 17.2 Å². The number of halogens is 1. The van der Waals surface area contributed by atoms with Gasteiger partial charge in [-0.2, -0.15) is 0 Å². The second kappa shape index (κ2) is 7.35.